The Morgan fingerprint density at radius 1 is 1.11 bits per heavy atom. The molecule has 186 valence electrons. The molecule has 2 aliphatic heterocycles. The number of aliphatic hydroxyl groups excluding tert-OH is 1. The predicted molar refractivity (Wildman–Crippen MR) is 125 cm³/mol. The van der Waals surface area contributed by atoms with Crippen LogP contribution in [-0.2, 0) is 29.1 Å². The van der Waals surface area contributed by atoms with Crippen molar-refractivity contribution in [3.63, 3.8) is 0 Å². The van der Waals surface area contributed by atoms with Crippen molar-refractivity contribution in [3.8, 4) is 5.75 Å². The molecular weight excluding hydrogens is 476 g/mol. The smallest absolute Gasteiger partial charge is 0.295 e. The van der Waals surface area contributed by atoms with E-state index >= 15 is 0 Å². The number of benzene rings is 2. The Morgan fingerprint density at radius 3 is 2.43 bits per heavy atom. The normalized spacial score (nSPS) is 20.9. The molecule has 1 amide bonds. The Kier molecular flexibility index (Phi) is 7.22. The predicted octanol–water partition coefficient (Wildman–Crippen LogP) is 1.48. The van der Waals surface area contributed by atoms with E-state index in [0.717, 1.165) is 0 Å². The number of ketones is 1. The highest BCUT2D eigenvalue weighted by Gasteiger charge is 2.46. The van der Waals surface area contributed by atoms with Gasteiger partial charge in [-0.15, -0.1) is 0 Å². The van der Waals surface area contributed by atoms with Gasteiger partial charge in [-0.05, 0) is 42.0 Å². The summed E-state index contributed by atoms with van der Waals surface area (Å²) in [7, 11) is -2.27. The van der Waals surface area contributed by atoms with E-state index < -0.39 is 33.5 Å². The molecule has 2 N–H and O–H groups in total. The SMILES string of the molecule is COCCN1C(=O)C(=O)/C(=C(/O)c2ccc(S(=O)(=O)N3CCOCC3)cc2)[C@H]1c1cccc(O)c1. The van der Waals surface area contributed by atoms with Crippen LogP contribution >= 0.6 is 0 Å². The Labute approximate surface area is 203 Å². The number of amides is 1. The molecule has 2 saturated heterocycles. The first kappa shape index (κ1) is 24.9. The van der Waals surface area contributed by atoms with Gasteiger partial charge in [-0.25, -0.2) is 8.42 Å². The molecule has 2 aromatic rings. The van der Waals surface area contributed by atoms with Crippen LogP contribution in [0.25, 0.3) is 5.76 Å². The van der Waals surface area contributed by atoms with Gasteiger partial charge in [-0.1, -0.05) is 12.1 Å². The average molecular weight is 503 g/mol. The maximum absolute atomic E-state index is 13.0. The molecule has 35 heavy (non-hydrogen) atoms. The van der Waals surface area contributed by atoms with Crippen LogP contribution in [0.1, 0.15) is 17.2 Å². The minimum Gasteiger partial charge on any atom is -0.508 e. The zero-order chi connectivity index (χ0) is 25.2. The van der Waals surface area contributed by atoms with Crippen molar-refractivity contribution in [2.75, 3.05) is 46.6 Å². The number of methoxy groups -OCH3 is 1. The van der Waals surface area contributed by atoms with E-state index in [9.17, 15) is 28.2 Å². The van der Waals surface area contributed by atoms with Crippen molar-refractivity contribution in [1.82, 2.24) is 9.21 Å². The lowest BCUT2D eigenvalue weighted by molar-refractivity contribution is -0.140. The van der Waals surface area contributed by atoms with Crippen molar-refractivity contribution in [2.24, 2.45) is 0 Å². The number of sulfonamides is 1. The molecule has 0 radical (unpaired) electrons. The number of ether oxygens (including phenoxy) is 2. The van der Waals surface area contributed by atoms with E-state index in [1.54, 1.807) is 12.1 Å². The molecule has 1 atom stereocenters. The van der Waals surface area contributed by atoms with Crippen molar-refractivity contribution in [3.05, 3.63) is 65.2 Å². The lowest BCUT2D eigenvalue weighted by Gasteiger charge is -2.26. The average Bonchev–Trinajstić information content (AvgIpc) is 3.12. The van der Waals surface area contributed by atoms with Gasteiger partial charge in [0.05, 0.1) is 36.3 Å². The summed E-state index contributed by atoms with van der Waals surface area (Å²) >= 11 is 0. The van der Waals surface area contributed by atoms with Gasteiger partial charge in [0, 0.05) is 32.3 Å². The topological polar surface area (TPSA) is 134 Å². The number of aromatic hydroxyl groups is 1. The second-order valence-electron chi connectivity index (χ2n) is 8.12. The van der Waals surface area contributed by atoms with Crippen LogP contribution in [0.3, 0.4) is 0 Å². The van der Waals surface area contributed by atoms with E-state index in [-0.39, 0.29) is 48.0 Å². The number of likely N-dealkylation sites (tertiary alicyclic amines) is 1. The number of hydrogen-bond acceptors (Lipinski definition) is 8. The molecule has 11 heteroatoms. The maximum Gasteiger partial charge on any atom is 0.295 e. The standard InChI is InChI=1S/C24H26N2O8S/c1-33-12-11-26-21(17-3-2-4-18(27)15-17)20(23(29)24(26)30)22(28)16-5-7-19(8-6-16)35(31,32)25-9-13-34-14-10-25/h2-8,15,21,27-28H,9-14H2,1H3/b22-20+/t21-/m1/s1. The van der Waals surface area contributed by atoms with Crippen molar-refractivity contribution >= 4 is 27.5 Å². The van der Waals surface area contributed by atoms with Crippen molar-refractivity contribution in [1.29, 1.82) is 0 Å². The van der Waals surface area contributed by atoms with Crippen molar-refractivity contribution in [2.45, 2.75) is 10.9 Å². The number of nitrogens with zero attached hydrogens (tertiary/aromatic N) is 2. The zero-order valence-corrected chi connectivity index (χ0v) is 19.9. The van der Waals surface area contributed by atoms with Gasteiger partial charge in [0.1, 0.15) is 11.5 Å². The fourth-order valence-electron chi connectivity index (χ4n) is 4.22. The summed E-state index contributed by atoms with van der Waals surface area (Å²) in [6, 6.07) is 10.6. The summed E-state index contributed by atoms with van der Waals surface area (Å²) in [6.07, 6.45) is 0. The van der Waals surface area contributed by atoms with E-state index in [1.165, 1.54) is 52.7 Å². The fraction of sp³-hybridized carbons (Fsp3) is 0.333. The first-order chi connectivity index (χ1) is 16.8. The molecule has 0 saturated carbocycles. The van der Waals surface area contributed by atoms with Gasteiger partial charge in [-0.2, -0.15) is 4.31 Å². The molecule has 0 unspecified atom stereocenters. The number of carbonyl (C=O) groups excluding carboxylic acids is 2. The van der Waals surface area contributed by atoms with Gasteiger partial charge in [-0.3, -0.25) is 9.59 Å². The lowest BCUT2D eigenvalue weighted by Crippen LogP contribution is -2.40. The molecule has 0 spiro atoms. The molecular formula is C24H26N2O8S. The number of carbonyl (C=O) groups is 2. The summed E-state index contributed by atoms with van der Waals surface area (Å²) in [5.74, 6) is -2.18. The Bertz CT molecular complexity index is 1250. The van der Waals surface area contributed by atoms with E-state index in [1.807, 2.05) is 0 Å². The van der Waals surface area contributed by atoms with E-state index in [2.05, 4.69) is 0 Å². The first-order valence-corrected chi connectivity index (χ1v) is 12.4. The molecule has 0 aromatic heterocycles. The number of Topliss-reactive ketones (excluding diaryl/α,β-unsaturated/α-hetero) is 1. The van der Waals surface area contributed by atoms with Gasteiger partial charge in [0.2, 0.25) is 10.0 Å². The largest absolute Gasteiger partial charge is 0.508 e. The minimum absolute atomic E-state index is 0.0426. The van der Waals surface area contributed by atoms with Crippen molar-refractivity contribution < 1.29 is 37.7 Å². The van der Waals surface area contributed by atoms with E-state index in [0.29, 0.717) is 18.8 Å². The molecule has 0 bridgehead atoms. The van der Waals surface area contributed by atoms with Gasteiger partial charge >= 0.3 is 0 Å². The molecule has 10 nitrogen and oxygen atoms in total. The highest BCUT2D eigenvalue weighted by Crippen LogP contribution is 2.40. The van der Waals surface area contributed by atoms with E-state index in [4.69, 9.17) is 9.47 Å². The maximum atomic E-state index is 13.0. The highest BCUT2D eigenvalue weighted by molar-refractivity contribution is 7.89. The third-order valence-corrected chi connectivity index (χ3v) is 7.91. The molecule has 2 aliphatic rings. The lowest BCUT2D eigenvalue weighted by atomic mass is 9.95. The van der Waals surface area contributed by atoms with Crippen LogP contribution in [0, 0.1) is 0 Å². The van der Waals surface area contributed by atoms with Crippen LogP contribution in [0.2, 0.25) is 0 Å². The fourth-order valence-corrected chi connectivity index (χ4v) is 5.63. The Hall–Kier alpha value is -3.25. The summed E-state index contributed by atoms with van der Waals surface area (Å²) in [4.78, 5) is 27.1. The van der Waals surface area contributed by atoms with Gasteiger partial charge in [0.25, 0.3) is 11.7 Å². The second-order valence-corrected chi connectivity index (χ2v) is 10.1. The van der Waals surface area contributed by atoms with Crippen LogP contribution < -0.4 is 0 Å². The van der Waals surface area contributed by atoms with Crippen LogP contribution in [0.4, 0.5) is 0 Å². The third kappa shape index (κ3) is 4.80. The third-order valence-electron chi connectivity index (χ3n) is 6.00. The van der Waals surface area contributed by atoms with Crippen LogP contribution in [0.15, 0.2) is 59.0 Å². The molecule has 2 aromatic carbocycles. The summed E-state index contributed by atoms with van der Waals surface area (Å²) in [6.45, 7) is 1.38. The summed E-state index contributed by atoms with van der Waals surface area (Å²) < 4.78 is 37.4. The zero-order valence-electron chi connectivity index (χ0n) is 19.1. The minimum atomic E-state index is -3.74. The summed E-state index contributed by atoms with van der Waals surface area (Å²) in [5, 5.41) is 21.1. The van der Waals surface area contributed by atoms with Gasteiger partial charge in [0.15, 0.2) is 0 Å². The first-order valence-electron chi connectivity index (χ1n) is 11.0. The van der Waals surface area contributed by atoms with Crippen LogP contribution in [0.5, 0.6) is 5.75 Å². The number of morpholine rings is 1. The molecule has 0 aliphatic carbocycles. The van der Waals surface area contributed by atoms with Gasteiger partial charge < -0.3 is 24.6 Å². The Balaban J connectivity index is 1.74. The molecule has 2 heterocycles. The monoisotopic (exact) mass is 502 g/mol. The second kappa shape index (κ2) is 10.2. The van der Waals surface area contributed by atoms with Crippen LogP contribution in [-0.4, -0.2) is 86.1 Å². The number of hydrogen-bond donors (Lipinski definition) is 2. The molecule has 4 rings (SSSR count). The molecule has 2 fully saturated rings. The number of phenols is 1. The number of aliphatic hydroxyl groups is 1. The quantitative estimate of drug-likeness (QED) is 0.330. The Morgan fingerprint density at radius 2 is 1.80 bits per heavy atom. The summed E-state index contributed by atoms with van der Waals surface area (Å²) in [5.41, 5.74) is 0.467. The number of rotatable bonds is 7. The number of phenolic OH excluding ortho intramolecular Hbond substituents is 1. The highest BCUT2D eigenvalue weighted by atomic mass is 32.2.